The molecular formula is C9H6ClIN2. The maximum Gasteiger partial charge on any atom is 0.137 e. The molecule has 0 aliphatic rings. The number of aromatic nitrogens is 1. The maximum atomic E-state index is 6.00. The Hall–Kier alpha value is -0.550. The first-order chi connectivity index (χ1) is 6.20. The van der Waals surface area contributed by atoms with E-state index in [1.165, 1.54) is 0 Å². The van der Waals surface area contributed by atoms with Gasteiger partial charge >= 0.3 is 0 Å². The summed E-state index contributed by atoms with van der Waals surface area (Å²) in [5.41, 5.74) is 5.67. The molecule has 2 rings (SSSR count). The third-order valence-electron chi connectivity index (χ3n) is 1.85. The fourth-order valence-corrected chi connectivity index (χ4v) is 2.02. The molecular weight excluding hydrogens is 298 g/mol. The molecule has 0 aliphatic heterocycles. The van der Waals surface area contributed by atoms with E-state index in [1.807, 2.05) is 18.2 Å². The molecule has 66 valence electrons. The van der Waals surface area contributed by atoms with Crippen molar-refractivity contribution in [3.8, 4) is 0 Å². The molecule has 2 aromatic rings. The highest BCUT2D eigenvalue weighted by Crippen LogP contribution is 2.28. The van der Waals surface area contributed by atoms with Crippen molar-refractivity contribution >= 4 is 50.8 Å². The van der Waals surface area contributed by atoms with Crippen LogP contribution < -0.4 is 5.73 Å². The number of hydrogen-bond donors (Lipinski definition) is 1. The monoisotopic (exact) mass is 304 g/mol. The maximum absolute atomic E-state index is 6.00. The van der Waals surface area contributed by atoms with Crippen molar-refractivity contribution in [2.75, 3.05) is 5.73 Å². The Balaban J connectivity index is 2.94. The summed E-state index contributed by atoms with van der Waals surface area (Å²) in [6.07, 6.45) is 1.70. The summed E-state index contributed by atoms with van der Waals surface area (Å²) in [7, 11) is 0. The highest BCUT2D eigenvalue weighted by atomic mass is 127. The number of fused-ring (bicyclic) bond motifs is 1. The highest BCUT2D eigenvalue weighted by molar-refractivity contribution is 14.1. The van der Waals surface area contributed by atoms with Crippen molar-refractivity contribution < 1.29 is 0 Å². The van der Waals surface area contributed by atoms with E-state index in [-0.39, 0.29) is 0 Å². The van der Waals surface area contributed by atoms with Crippen LogP contribution in [0.3, 0.4) is 0 Å². The van der Waals surface area contributed by atoms with Crippen LogP contribution >= 0.6 is 34.2 Å². The molecule has 0 saturated heterocycles. The summed E-state index contributed by atoms with van der Waals surface area (Å²) in [5, 5.41) is 2.71. The van der Waals surface area contributed by atoms with Crippen LogP contribution in [0.2, 0.25) is 5.02 Å². The third-order valence-corrected chi connectivity index (χ3v) is 3.31. The van der Waals surface area contributed by atoms with E-state index in [0.29, 0.717) is 10.8 Å². The first kappa shape index (κ1) is 9.02. The smallest absolute Gasteiger partial charge is 0.137 e. The minimum Gasteiger partial charge on any atom is -0.383 e. The van der Waals surface area contributed by atoms with Crippen molar-refractivity contribution in [2.45, 2.75) is 0 Å². The Kier molecular flexibility index (Phi) is 2.29. The van der Waals surface area contributed by atoms with Gasteiger partial charge in [0.1, 0.15) is 5.82 Å². The molecule has 2 N–H and O–H groups in total. The fraction of sp³-hybridized carbons (Fsp3) is 0. The first-order valence-electron chi connectivity index (χ1n) is 3.68. The van der Waals surface area contributed by atoms with E-state index in [9.17, 15) is 0 Å². The molecule has 1 aromatic carbocycles. The Morgan fingerprint density at radius 3 is 2.85 bits per heavy atom. The van der Waals surface area contributed by atoms with E-state index < -0.39 is 0 Å². The molecule has 0 unspecified atom stereocenters. The zero-order chi connectivity index (χ0) is 9.42. The number of halogens is 2. The second-order valence-corrected chi connectivity index (χ2v) is 4.14. The van der Waals surface area contributed by atoms with Gasteiger partial charge in [-0.2, -0.15) is 0 Å². The molecule has 0 aliphatic carbocycles. The van der Waals surface area contributed by atoms with Gasteiger partial charge in [0, 0.05) is 22.0 Å². The highest BCUT2D eigenvalue weighted by Gasteiger charge is 2.05. The van der Waals surface area contributed by atoms with Gasteiger partial charge in [-0.25, -0.2) is 4.98 Å². The van der Waals surface area contributed by atoms with Crippen LogP contribution in [0.25, 0.3) is 10.8 Å². The molecule has 0 saturated carbocycles. The molecule has 0 bridgehead atoms. The van der Waals surface area contributed by atoms with E-state index >= 15 is 0 Å². The summed E-state index contributed by atoms with van der Waals surface area (Å²) < 4.78 is 0.956. The average molecular weight is 305 g/mol. The van der Waals surface area contributed by atoms with Gasteiger partial charge in [-0.3, -0.25) is 0 Å². The lowest BCUT2D eigenvalue weighted by atomic mass is 10.2. The Morgan fingerprint density at radius 1 is 1.31 bits per heavy atom. The van der Waals surface area contributed by atoms with E-state index in [2.05, 4.69) is 27.6 Å². The van der Waals surface area contributed by atoms with Crippen molar-refractivity contribution in [1.82, 2.24) is 4.98 Å². The minimum atomic E-state index is 0.551. The number of benzene rings is 1. The topological polar surface area (TPSA) is 38.9 Å². The van der Waals surface area contributed by atoms with Crippen LogP contribution in [-0.2, 0) is 0 Å². The van der Waals surface area contributed by atoms with Gasteiger partial charge < -0.3 is 5.73 Å². The molecule has 13 heavy (non-hydrogen) atoms. The van der Waals surface area contributed by atoms with Gasteiger partial charge in [0.05, 0.1) is 3.57 Å². The zero-order valence-corrected chi connectivity index (χ0v) is 9.50. The van der Waals surface area contributed by atoms with Gasteiger partial charge in [-0.15, -0.1) is 0 Å². The van der Waals surface area contributed by atoms with Crippen LogP contribution in [0.5, 0.6) is 0 Å². The molecule has 0 radical (unpaired) electrons. The molecule has 0 spiro atoms. The Labute approximate surface area is 94.2 Å². The first-order valence-corrected chi connectivity index (χ1v) is 5.14. The van der Waals surface area contributed by atoms with Crippen molar-refractivity contribution in [2.24, 2.45) is 0 Å². The lowest BCUT2D eigenvalue weighted by Gasteiger charge is -2.03. The van der Waals surface area contributed by atoms with Crippen molar-refractivity contribution in [3.63, 3.8) is 0 Å². The average Bonchev–Trinajstić information content (AvgIpc) is 2.12. The van der Waals surface area contributed by atoms with Crippen LogP contribution in [0, 0.1) is 3.57 Å². The molecule has 0 fully saturated rings. The summed E-state index contributed by atoms with van der Waals surface area (Å²) in [6.45, 7) is 0. The van der Waals surface area contributed by atoms with Gasteiger partial charge in [0.15, 0.2) is 0 Å². The van der Waals surface area contributed by atoms with Crippen molar-refractivity contribution in [3.05, 3.63) is 33.0 Å². The van der Waals surface area contributed by atoms with Crippen LogP contribution in [0.15, 0.2) is 24.4 Å². The van der Waals surface area contributed by atoms with Crippen LogP contribution in [-0.4, -0.2) is 4.98 Å². The number of nitrogen functional groups attached to an aromatic ring is 1. The summed E-state index contributed by atoms with van der Waals surface area (Å²) in [6, 6.07) is 5.74. The van der Waals surface area contributed by atoms with E-state index in [1.54, 1.807) is 6.20 Å². The predicted molar refractivity (Wildman–Crippen MR) is 63.9 cm³/mol. The molecule has 0 atom stereocenters. The summed E-state index contributed by atoms with van der Waals surface area (Å²) >= 11 is 8.17. The van der Waals surface area contributed by atoms with Gasteiger partial charge in [0.25, 0.3) is 0 Å². The Morgan fingerprint density at radius 2 is 2.08 bits per heavy atom. The molecule has 0 amide bonds. The van der Waals surface area contributed by atoms with E-state index in [4.69, 9.17) is 17.3 Å². The molecule has 1 aromatic heterocycles. The van der Waals surface area contributed by atoms with Crippen LogP contribution in [0.4, 0.5) is 5.82 Å². The largest absolute Gasteiger partial charge is 0.383 e. The van der Waals surface area contributed by atoms with Crippen molar-refractivity contribution in [1.29, 1.82) is 0 Å². The molecule has 1 heterocycles. The lowest BCUT2D eigenvalue weighted by molar-refractivity contribution is 1.35. The summed E-state index contributed by atoms with van der Waals surface area (Å²) in [4.78, 5) is 4.05. The van der Waals surface area contributed by atoms with Gasteiger partial charge in [-0.05, 0) is 28.7 Å². The number of rotatable bonds is 0. The number of pyridine rings is 1. The van der Waals surface area contributed by atoms with Gasteiger partial charge in [-0.1, -0.05) is 23.7 Å². The lowest BCUT2D eigenvalue weighted by Crippen LogP contribution is -1.94. The second-order valence-electron chi connectivity index (χ2n) is 2.66. The fourth-order valence-electron chi connectivity index (χ4n) is 1.19. The second kappa shape index (κ2) is 3.31. The zero-order valence-electron chi connectivity index (χ0n) is 6.59. The number of nitrogens with two attached hydrogens (primary N) is 1. The number of anilines is 1. The normalized spacial score (nSPS) is 10.6. The number of nitrogens with zero attached hydrogens (tertiary/aromatic N) is 1. The Bertz CT molecular complexity index is 470. The quantitative estimate of drug-likeness (QED) is 0.760. The molecule has 2 nitrogen and oxygen atoms in total. The SMILES string of the molecule is Nc1ncc2c(Cl)cccc2c1I. The third kappa shape index (κ3) is 1.46. The standard InChI is InChI=1S/C9H6ClIN2/c10-7-3-1-2-5-6(7)4-13-9(12)8(5)11/h1-4H,(H2,12,13). The van der Waals surface area contributed by atoms with Crippen LogP contribution in [0.1, 0.15) is 0 Å². The predicted octanol–water partition coefficient (Wildman–Crippen LogP) is 3.08. The molecule has 4 heteroatoms. The summed E-state index contributed by atoms with van der Waals surface area (Å²) in [5.74, 6) is 0.551. The minimum absolute atomic E-state index is 0.551. The van der Waals surface area contributed by atoms with Gasteiger partial charge in [0.2, 0.25) is 0 Å². The number of hydrogen-bond acceptors (Lipinski definition) is 2. The van der Waals surface area contributed by atoms with E-state index in [0.717, 1.165) is 14.3 Å².